The van der Waals surface area contributed by atoms with Crippen LogP contribution in [0.15, 0.2) is 18.2 Å². The molecule has 1 aliphatic heterocycles. The van der Waals surface area contributed by atoms with Gasteiger partial charge in [-0.25, -0.2) is 0 Å². The monoisotopic (exact) mass is 333 g/mol. The van der Waals surface area contributed by atoms with Gasteiger partial charge in [-0.3, -0.25) is 9.69 Å². The van der Waals surface area contributed by atoms with E-state index in [2.05, 4.69) is 10.2 Å². The largest absolute Gasteiger partial charge is 0.493 e. The maximum Gasteiger partial charge on any atom is 0.252 e. The van der Waals surface area contributed by atoms with Gasteiger partial charge in [0.05, 0.1) is 12.2 Å². The molecule has 1 saturated heterocycles. The number of nitrogens with one attached hydrogen (secondary N) is 1. The summed E-state index contributed by atoms with van der Waals surface area (Å²) in [6, 6.07) is 5.27. The van der Waals surface area contributed by atoms with E-state index in [0.717, 1.165) is 45.1 Å². The maximum absolute atomic E-state index is 11.6. The summed E-state index contributed by atoms with van der Waals surface area (Å²) >= 11 is 0. The Morgan fingerprint density at radius 2 is 2.04 bits per heavy atom. The molecule has 1 heterocycles. The first kappa shape index (κ1) is 17.0. The normalized spacial score (nSPS) is 18.8. The van der Waals surface area contributed by atoms with Crippen molar-refractivity contribution in [3.05, 3.63) is 23.8 Å². The van der Waals surface area contributed by atoms with E-state index in [-0.39, 0.29) is 0 Å². The van der Waals surface area contributed by atoms with Gasteiger partial charge in [-0.2, -0.15) is 0 Å². The highest BCUT2D eigenvalue weighted by Gasteiger charge is 2.19. The van der Waals surface area contributed by atoms with Crippen molar-refractivity contribution in [2.45, 2.75) is 19.3 Å². The third kappa shape index (κ3) is 4.61. The van der Waals surface area contributed by atoms with Crippen molar-refractivity contribution >= 4 is 5.91 Å². The minimum Gasteiger partial charge on any atom is -0.493 e. The average Bonchev–Trinajstić information content (AvgIpc) is 2.54. The summed E-state index contributed by atoms with van der Waals surface area (Å²) in [5, 5.41) is 3.33. The Bertz CT molecular complexity index is 554. The van der Waals surface area contributed by atoms with Crippen molar-refractivity contribution in [3.63, 3.8) is 0 Å². The Kier molecular flexibility index (Phi) is 5.93. The van der Waals surface area contributed by atoms with E-state index >= 15 is 0 Å². The van der Waals surface area contributed by atoms with Crippen molar-refractivity contribution in [2.75, 3.05) is 45.9 Å². The predicted molar refractivity (Wildman–Crippen MR) is 92.6 cm³/mol. The van der Waals surface area contributed by atoms with Crippen LogP contribution < -0.4 is 20.5 Å². The number of primary amides is 1. The quantitative estimate of drug-likeness (QED) is 0.749. The summed E-state index contributed by atoms with van der Waals surface area (Å²) in [6.45, 7) is 6.18. The SMILES string of the molecule is NC(=O)c1ccc(OCC2CCC2)cc1OCCN1CCNCC1. The fourth-order valence-corrected chi connectivity index (χ4v) is 3.01. The van der Waals surface area contributed by atoms with E-state index in [1.54, 1.807) is 18.2 Å². The van der Waals surface area contributed by atoms with Crippen LogP contribution in [0.3, 0.4) is 0 Å². The van der Waals surface area contributed by atoms with Crippen molar-refractivity contribution < 1.29 is 14.3 Å². The van der Waals surface area contributed by atoms with Gasteiger partial charge in [-0.15, -0.1) is 0 Å². The predicted octanol–water partition coefficient (Wildman–Crippen LogP) is 1.25. The first-order chi connectivity index (χ1) is 11.7. The topological polar surface area (TPSA) is 76.8 Å². The van der Waals surface area contributed by atoms with Crippen molar-refractivity contribution in [1.82, 2.24) is 10.2 Å². The van der Waals surface area contributed by atoms with Crippen molar-refractivity contribution in [1.29, 1.82) is 0 Å². The summed E-state index contributed by atoms with van der Waals surface area (Å²) in [7, 11) is 0. The number of ether oxygens (including phenoxy) is 2. The number of hydrogen-bond donors (Lipinski definition) is 2. The fraction of sp³-hybridized carbons (Fsp3) is 0.611. The van der Waals surface area contributed by atoms with E-state index in [9.17, 15) is 4.79 Å². The maximum atomic E-state index is 11.6. The fourth-order valence-electron chi connectivity index (χ4n) is 3.01. The van der Waals surface area contributed by atoms with Gasteiger partial charge in [0.25, 0.3) is 5.91 Å². The highest BCUT2D eigenvalue weighted by Crippen LogP contribution is 2.29. The van der Waals surface area contributed by atoms with Crippen molar-refractivity contribution in [2.24, 2.45) is 11.7 Å². The third-order valence-electron chi connectivity index (χ3n) is 4.80. The first-order valence-electron chi connectivity index (χ1n) is 8.85. The average molecular weight is 333 g/mol. The first-order valence-corrected chi connectivity index (χ1v) is 8.85. The highest BCUT2D eigenvalue weighted by atomic mass is 16.5. The van der Waals surface area contributed by atoms with Crippen LogP contribution in [0, 0.1) is 5.92 Å². The molecule has 1 amide bonds. The molecule has 0 spiro atoms. The van der Waals surface area contributed by atoms with Gasteiger partial charge >= 0.3 is 0 Å². The Morgan fingerprint density at radius 1 is 1.25 bits per heavy atom. The molecule has 6 nitrogen and oxygen atoms in total. The summed E-state index contributed by atoms with van der Waals surface area (Å²) in [5.41, 5.74) is 5.86. The molecule has 0 radical (unpaired) electrons. The van der Waals surface area contributed by atoms with Crippen LogP contribution in [0.2, 0.25) is 0 Å². The second-order valence-electron chi connectivity index (χ2n) is 6.57. The molecule has 6 heteroatoms. The smallest absolute Gasteiger partial charge is 0.252 e. The summed E-state index contributed by atoms with van der Waals surface area (Å²) < 4.78 is 11.7. The number of benzene rings is 1. The van der Waals surface area contributed by atoms with E-state index < -0.39 is 5.91 Å². The lowest BCUT2D eigenvalue weighted by Crippen LogP contribution is -2.44. The lowest BCUT2D eigenvalue weighted by Gasteiger charge is -2.27. The molecule has 2 fully saturated rings. The van der Waals surface area contributed by atoms with E-state index in [0.29, 0.717) is 23.8 Å². The molecule has 3 rings (SSSR count). The zero-order chi connectivity index (χ0) is 16.8. The summed E-state index contributed by atoms with van der Waals surface area (Å²) in [5.74, 6) is 1.45. The number of amides is 1. The molecule has 2 aliphatic rings. The van der Waals surface area contributed by atoms with E-state index in [4.69, 9.17) is 15.2 Å². The van der Waals surface area contributed by atoms with Crippen LogP contribution >= 0.6 is 0 Å². The molecule has 3 N–H and O–H groups in total. The van der Waals surface area contributed by atoms with Crippen LogP contribution in [0.1, 0.15) is 29.6 Å². The van der Waals surface area contributed by atoms with Gasteiger partial charge in [-0.05, 0) is 30.9 Å². The molecule has 1 aromatic rings. The number of nitrogens with two attached hydrogens (primary N) is 1. The second kappa shape index (κ2) is 8.35. The van der Waals surface area contributed by atoms with E-state index in [1.807, 2.05) is 0 Å². The van der Waals surface area contributed by atoms with Gasteiger partial charge in [0.1, 0.15) is 18.1 Å². The Balaban J connectivity index is 1.56. The van der Waals surface area contributed by atoms with Crippen LogP contribution in [0.25, 0.3) is 0 Å². The number of nitrogens with zero attached hydrogens (tertiary/aromatic N) is 1. The molecule has 0 atom stereocenters. The molecular weight excluding hydrogens is 306 g/mol. The zero-order valence-electron chi connectivity index (χ0n) is 14.1. The Labute approximate surface area is 143 Å². The van der Waals surface area contributed by atoms with Gasteiger partial charge in [0.2, 0.25) is 0 Å². The standard InChI is InChI=1S/C18H27N3O3/c19-18(22)16-5-4-15(24-13-14-2-1-3-14)12-17(16)23-11-10-21-8-6-20-7-9-21/h4-5,12,14,20H,1-3,6-11,13H2,(H2,19,22). The molecule has 1 aromatic carbocycles. The minimum absolute atomic E-state index is 0.409. The second-order valence-corrected chi connectivity index (χ2v) is 6.57. The van der Waals surface area contributed by atoms with Gasteiger partial charge in [0, 0.05) is 38.8 Å². The molecule has 1 aliphatic carbocycles. The van der Waals surface area contributed by atoms with Gasteiger partial charge in [-0.1, -0.05) is 6.42 Å². The lowest BCUT2D eigenvalue weighted by atomic mass is 9.86. The molecule has 132 valence electrons. The van der Waals surface area contributed by atoms with Crippen LogP contribution in [-0.2, 0) is 0 Å². The number of hydrogen-bond acceptors (Lipinski definition) is 5. The molecule has 0 bridgehead atoms. The zero-order valence-corrected chi connectivity index (χ0v) is 14.1. The number of carbonyl (C=O) groups is 1. The Morgan fingerprint density at radius 3 is 2.71 bits per heavy atom. The molecular formula is C18H27N3O3. The summed E-state index contributed by atoms with van der Waals surface area (Å²) in [6.07, 6.45) is 3.79. The number of rotatable bonds is 8. The summed E-state index contributed by atoms with van der Waals surface area (Å²) in [4.78, 5) is 13.9. The van der Waals surface area contributed by atoms with Crippen LogP contribution in [0.4, 0.5) is 0 Å². The number of piperazine rings is 1. The molecule has 0 aromatic heterocycles. The van der Waals surface area contributed by atoms with Gasteiger partial charge in [0.15, 0.2) is 0 Å². The van der Waals surface area contributed by atoms with Crippen LogP contribution in [0.5, 0.6) is 11.5 Å². The lowest BCUT2D eigenvalue weighted by molar-refractivity contribution is 0.0995. The Hall–Kier alpha value is -1.79. The molecule has 24 heavy (non-hydrogen) atoms. The van der Waals surface area contributed by atoms with Crippen molar-refractivity contribution in [3.8, 4) is 11.5 Å². The van der Waals surface area contributed by atoms with E-state index in [1.165, 1.54) is 19.3 Å². The molecule has 0 unspecified atom stereocenters. The molecule has 1 saturated carbocycles. The minimum atomic E-state index is -0.474. The van der Waals surface area contributed by atoms with Crippen LogP contribution in [-0.4, -0.2) is 56.7 Å². The highest BCUT2D eigenvalue weighted by molar-refractivity contribution is 5.95. The number of carbonyl (C=O) groups excluding carboxylic acids is 1. The van der Waals surface area contributed by atoms with Gasteiger partial charge < -0.3 is 20.5 Å². The third-order valence-corrected chi connectivity index (χ3v) is 4.80.